The van der Waals surface area contributed by atoms with E-state index in [9.17, 15) is 4.79 Å². The van der Waals surface area contributed by atoms with Crippen LogP contribution in [-0.2, 0) is 0 Å². The van der Waals surface area contributed by atoms with Gasteiger partial charge in [-0.2, -0.15) is 0 Å². The minimum absolute atomic E-state index is 0.177. The van der Waals surface area contributed by atoms with Crippen LogP contribution in [0, 0.1) is 0 Å². The summed E-state index contributed by atoms with van der Waals surface area (Å²) < 4.78 is 12.1. The number of rotatable bonds is 2. The van der Waals surface area contributed by atoms with E-state index in [2.05, 4.69) is 5.32 Å². The second kappa shape index (κ2) is 3.92. The number of fused-ring (bicyclic) bond motifs is 1. The van der Waals surface area contributed by atoms with Crippen molar-refractivity contribution in [2.75, 3.05) is 20.2 Å². The van der Waals surface area contributed by atoms with Gasteiger partial charge in [-0.1, -0.05) is 0 Å². The topological polar surface area (TPSA) is 56.4 Å². The Morgan fingerprint density at radius 2 is 2.41 bits per heavy atom. The summed E-state index contributed by atoms with van der Waals surface area (Å²) in [6.45, 7) is 1.75. The fraction of sp³-hybridized carbons (Fsp3) is 0.417. The normalized spacial score (nSPS) is 19.9. The second-order valence-corrected chi connectivity index (χ2v) is 4.22. The molecule has 1 aromatic carbocycles. The van der Waals surface area contributed by atoms with Crippen LogP contribution >= 0.6 is 0 Å². The lowest BCUT2D eigenvalue weighted by molar-refractivity contribution is 0.415. The lowest BCUT2D eigenvalue weighted by atomic mass is 10.2. The van der Waals surface area contributed by atoms with Crippen LogP contribution in [0.2, 0.25) is 0 Å². The molecule has 1 aromatic heterocycles. The van der Waals surface area contributed by atoms with Crippen LogP contribution in [0.15, 0.2) is 27.4 Å². The molecule has 2 aromatic rings. The monoisotopic (exact) mass is 234 g/mol. The Hall–Kier alpha value is -1.75. The summed E-state index contributed by atoms with van der Waals surface area (Å²) in [5.74, 6) is 0.444. The highest BCUT2D eigenvalue weighted by molar-refractivity contribution is 5.75. The van der Waals surface area contributed by atoms with Crippen molar-refractivity contribution < 1.29 is 9.15 Å². The molecule has 1 N–H and O–H groups in total. The molecule has 0 saturated carbocycles. The molecular weight excluding hydrogens is 220 g/mol. The van der Waals surface area contributed by atoms with E-state index in [1.165, 1.54) is 0 Å². The lowest BCUT2D eigenvalue weighted by Gasteiger charge is -2.09. The van der Waals surface area contributed by atoms with Crippen molar-refractivity contribution in [3.63, 3.8) is 0 Å². The number of nitrogens with zero attached hydrogens (tertiary/aromatic N) is 1. The predicted molar refractivity (Wildman–Crippen MR) is 63.5 cm³/mol. The predicted octanol–water partition coefficient (Wildman–Crippen LogP) is 1.14. The third-order valence-corrected chi connectivity index (χ3v) is 3.22. The van der Waals surface area contributed by atoms with Gasteiger partial charge < -0.3 is 14.5 Å². The van der Waals surface area contributed by atoms with Crippen LogP contribution in [0.3, 0.4) is 0 Å². The molecule has 0 radical (unpaired) electrons. The number of ether oxygens (including phenoxy) is 1. The van der Waals surface area contributed by atoms with Gasteiger partial charge in [-0.25, -0.2) is 4.79 Å². The van der Waals surface area contributed by atoms with Gasteiger partial charge in [-0.3, -0.25) is 4.57 Å². The highest BCUT2D eigenvalue weighted by Gasteiger charge is 2.22. The van der Waals surface area contributed by atoms with Crippen LogP contribution in [0.25, 0.3) is 11.1 Å². The molecule has 90 valence electrons. The second-order valence-electron chi connectivity index (χ2n) is 4.22. The van der Waals surface area contributed by atoms with Crippen molar-refractivity contribution in [2.45, 2.75) is 12.5 Å². The molecule has 0 bridgehead atoms. The molecule has 1 saturated heterocycles. The quantitative estimate of drug-likeness (QED) is 0.846. The minimum Gasteiger partial charge on any atom is -0.497 e. The molecule has 2 heterocycles. The summed E-state index contributed by atoms with van der Waals surface area (Å²) >= 11 is 0. The maximum absolute atomic E-state index is 11.9. The first kappa shape index (κ1) is 10.4. The Morgan fingerprint density at radius 1 is 1.53 bits per heavy atom. The first-order chi connectivity index (χ1) is 8.29. The zero-order chi connectivity index (χ0) is 11.8. The van der Waals surface area contributed by atoms with E-state index in [0.29, 0.717) is 5.58 Å². The number of oxazole rings is 1. The van der Waals surface area contributed by atoms with Gasteiger partial charge >= 0.3 is 5.76 Å². The SMILES string of the molecule is COc1ccc2oc(=O)n(C3CCNC3)c2c1. The third-order valence-electron chi connectivity index (χ3n) is 3.22. The van der Waals surface area contributed by atoms with E-state index in [-0.39, 0.29) is 11.8 Å². The van der Waals surface area contributed by atoms with Crippen LogP contribution in [-0.4, -0.2) is 24.8 Å². The van der Waals surface area contributed by atoms with E-state index < -0.39 is 0 Å². The molecule has 5 heteroatoms. The summed E-state index contributed by atoms with van der Waals surface area (Å²) in [5.41, 5.74) is 1.42. The van der Waals surface area contributed by atoms with Gasteiger partial charge in [-0.05, 0) is 25.1 Å². The van der Waals surface area contributed by atoms with Gasteiger partial charge in [0.25, 0.3) is 0 Å². The summed E-state index contributed by atoms with van der Waals surface area (Å²) in [6, 6.07) is 5.59. The Labute approximate surface area is 98.0 Å². The van der Waals surface area contributed by atoms with Crippen LogP contribution in [0.5, 0.6) is 5.75 Å². The van der Waals surface area contributed by atoms with E-state index in [1.807, 2.05) is 6.07 Å². The van der Waals surface area contributed by atoms with E-state index in [4.69, 9.17) is 9.15 Å². The Balaban J connectivity index is 2.20. The van der Waals surface area contributed by atoms with Gasteiger partial charge in [0.05, 0.1) is 18.7 Å². The number of benzene rings is 1. The molecule has 1 aliphatic heterocycles. The number of hydrogen-bond acceptors (Lipinski definition) is 4. The summed E-state index contributed by atoms with van der Waals surface area (Å²) in [6.07, 6.45) is 0.950. The Bertz CT molecular complexity index is 593. The first-order valence-electron chi connectivity index (χ1n) is 5.69. The molecule has 3 rings (SSSR count). The molecule has 17 heavy (non-hydrogen) atoms. The fourth-order valence-electron chi connectivity index (χ4n) is 2.35. The van der Waals surface area contributed by atoms with Crippen molar-refractivity contribution in [2.24, 2.45) is 0 Å². The molecule has 0 amide bonds. The first-order valence-corrected chi connectivity index (χ1v) is 5.69. The maximum Gasteiger partial charge on any atom is 0.420 e. The number of methoxy groups -OCH3 is 1. The maximum atomic E-state index is 11.9. The molecule has 1 unspecified atom stereocenters. The van der Waals surface area contributed by atoms with Gasteiger partial charge in [0.2, 0.25) is 0 Å². The Morgan fingerprint density at radius 3 is 3.12 bits per heavy atom. The highest BCUT2D eigenvalue weighted by Crippen LogP contribution is 2.24. The average Bonchev–Trinajstić information content (AvgIpc) is 2.93. The lowest BCUT2D eigenvalue weighted by Crippen LogP contribution is -2.22. The Kier molecular flexibility index (Phi) is 2.40. The zero-order valence-electron chi connectivity index (χ0n) is 9.60. The zero-order valence-corrected chi connectivity index (χ0v) is 9.60. The minimum atomic E-state index is -0.290. The average molecular weight is 234 g/mol. The van der Waals surface area contributed by atoms with Crippen molar-refractivity contribution in [1.29, 1.82) is 0 Å². The van der Waals surface area contributed by atoms with Gasteiger partial charge in [-0.15, -0.1) is 0 Å². The molecular formula is C12H14N2O3. The molecule has 1 atom stereocenters. The van der Waals surface area contributed by atoms with E-state index in [0.717, 1.165) is 30.8 Å². The summed E-state index contributed by atoms with van der Waals surface area (Å²) in [7, 11) is 1.61. The fourth-order valence-corrected chi connectivity index (χ4v) is 2.35. The largest absolute Gasteiger partial charge is 0.497 e. The molecule has 1 aliphatic rings. The standard InChI is InChI=1S/C12H14N2O3/c1-16-9-2-3-11-10(6-9)14(12(15)17-11)8-4-5-13-7-8/h2-3,6,8,13H,4-5,7H2,1H3. The summed E-state index contributed by atoms with van der Waals surface area (Å²) in [4.78, 5) is 11.9. The number of nitrogens with one attached hydrogen (secondary N) is 1. The summed E-state index contributed by atoms with van der Waals surface area (Å²) in [5, 5.41) is 3.25. The molecule has 5 nitrogen and oxygen atoms in total. The molecule has 0 aliphatic carbocycles. The van der Waals surface area contributed by atoms with E-state index >= 15 is 0 Å². The van der Waals surface area contributed by atoms with Crippen molar-refractivity contribution in [3.8, 4) is 5.75 Å². The highest BCUT2D eigenvalue weighted by atomic mass is 16.5. The molecule has 0 spiro atoms. The van der Waals surface area contributed by atoms with Crippen LogP contribution in [0.1, 0.15) is 12.5 Å². The van der Waals surface area contributed by atoms with Gasteiger partial charge in [0.15, 0.2) is 5.58 Å². The van der Waals surface area contributed by atoms with E-state index in [1.54, 1.807) is 23.8 Å². The number of aromatic nitrogens is 1. The van der Waals surface area contributed by atoms with Crippen molar-refractivity contribution >= 4 is 11.1 Å². The third kappa shape index (κ3) is 1.63. The van der Waals surface area contributed by atoms with Gasteiger partial charge in [0.1, 0.15) is 5.75 Å². The van der Waals surface area contributed by atoms with Gasteiger partial charge in [0, 0.05) is 12.6 Å². The van der Waals surface area contributed by atoms with Crippen molar-refractivity contribution in [1.82, 2.24) is 9.88 Å². The van der Waals surface area contributed by atoms with Crippen LogP contribution < -0.4 is 15.8 Å². The van der Waals surface area contributed by atoms with Crippen molar-refractivity contribution in [3.05, 3.63) is 28.7 Å². The smallest absolute Gasteiger partial charge is 0.420 e. The molecule has 1 fully saturated rings. The van der Waals surface area contributed by atoms with Crippen LogP contribution in [0.4, 0.5) is 0 Å². The number of hydrogen-bond donors (Lipinski definition) is 1.